The second kappa shape index (κ2) is 8.48. The predicted octanol–water partition coefficient (Wildman–Crippen LogP) is 5.21. The second-order valence-corrected chi connectivity index (χ2v) is 7.94. The first-order valence-corrected chi connectivity index (χ1v) is 10.0. The predicted molar refractivity (Wildman–Crippen MR) is 108 cm³/mol. The van der Waals surface area contributed by atoms with Gasteiger partial charge in [0.15, 0.2) is 0 Å². The van der Waals surface area contributed by atoms with Crippen LogP contribution in [0.1, 0.15) is 55.5 Å². The molecule has 1 aromatic heterocycles. The van der Waals surface area contributed by atoms with Crippen molar-refractivity contribution in [2.75, 3.05) is 24.3 Å². The highest BCUT2D eigenvalue weighted by Gasteiger charge is 2.21. The minimum atomic E-state index is 0.628. The van der Waals surface area contributed by atoms with E-state index in [1.807, 2.05) is 0 Å². The van der Waals surface area contributed by atoms with Gasteiger partial charge in [0.25, 0.3) is 0 Å². The van der Waals surface area contributed by atoms with Crippen LogP contribution in [0, 0.1) is 0 Å². The molecule has 0 bridgehead atoms. The van der Waals surface area contributed by atoms with Crippen molar-refractivity contribution in [3.8, 4) is 0 Å². The van der Waals surface area contributed by atoms with Crippen LogP contribution in [0.4, 0.5) is 10.8 Å². The van der Waals surface area contributed by atoms with E-state index < -0.39 is 0 Å². The van der Waals surface area contributed by atoms with Gasteiger partial charge in [-0.2, -0.15) is 0 Å². The van der Waals surface area contributed by atoms with E-state index >= 15 is 0 Å². The Bertz CT molecular complexity index is 714. The maximum absolute atomic E-state index is 4.43. The van der Waals surface area contributed by atoms with E-state index in [4.69, 9.17) is 0 Å². The second-order valence-electron chi connectivity index (χ2n) is 6.93. The molecule has 0 atom stereocenters. The average molecular weight is 357 g/mol. The number of benzene rings is 1. The molecule has 0 amide bonds. The topological polar surface area (TPSA) is 41.0 Å². The van der Waals surface area contributed by atoms with Gasteiger partial charge in [-0.15, -0.1) is 10.2 Å². The molecular formula is C20H28N4S. The highest BCUT2D eigenvalue weighted by Crippen LogP contribution is 2.36. The number of rotatable bonds is 7. The lowest BCUT2D eigenvalue weighted by molar-refractivity contribution is 0.705. The maximum Gasteiger partial charge on any atom is 0.209 e. The van der Waals surface area contributed by atoms with Crippen molar-refractivity contribution in [3.05, 3.63) is 46.6 Å². The Labute approximate surface area is 155 Å². The quantitative estimate of drug-likeness (QED) is 0.739. The van der Waals surface area contributed by atoms with Crippen molar-refractivity contribution in [2.45, 2.75) is 51.4 Å². The normalized spacial score (nSPS) is 15.6. The number of anilines is 2. The molecule has 1 saturated carbocycles. The van der Waals surface area contributed by atoms with Crippen molar-refractivity contribution in [1.82, 2.24) is 10.2 Å². The first-order chi connectivity index (χ1) is 12.2. The zero-order valence-corrected chi connectivity index (χ0v) is 16.3. The molecule has 5 heteroatoms. The minimum Gasteiger partial charge on any atom is -0.378 e. The highest BCUT2D eigenvalue weighted by atomic mass is 32.1. The van der Waals surface area contributed by atoms with Gasteiger partial charge in [-0.1, -0.05) is 49.3 Å². The molecule has 0 aliphatic heterocycles. The van der Waals surface area contributed by atoms with Crippen molar-refractivity contribution in [3.63, 3.8) is 0 Å². The summed E-state index contributed by atoms with van der Waals surface area (Å²) in [5.41, 5.74) is 3.74. The first-order valence-electron chi connectivity index (χ1n) is 9.21. The van der Waals surface area contributed by atoms with Gasteiger partial charge in [0, 0.05) is 37.8 Å². The van der Waals surface area contributed by atoms with E-state index in [9.17, 15) is 0 Å². The van der Waals surface area contributed by atoms with Crippen LogP contribution in [0.25, 0.3) is 0 Å². The van der Waals surface area contributed by atoms with Gasteiger partial charge < -0.3 is 10.2 Å². The van der Waals surface area contributed by atoms with Gasteiger partial charge in [0.2, 0.25) is 5.13 Å². The number of aromatic nitrogens is 2. The summed E-state index contributed by atoms with van der Waals surface area (Å²) in [7, 11) is 4.15. The van der Waals surface area contributed by atoms with Gasteiger partial charge in [-0.3, -0.25) is 0 Å². The highest BCUT2D eigenvalue weighted by molar-refractivity contribution is 7.15. The van der Waals surface area contributed by atoms with Gasteiger partial charge in [0.05, 0.1) is 0 Å². The summed E-state index contributed by atoms with van der Waals surface area (Å²) in [4.78, 5) is 2.14. The minimum absolute atomic E-state index is 0.628. The molecule has 0 saturated heterocycles. The summed E-state index contributed by atoms with van der Waals surface area (Å²) >= 11 is 1.72. The molecule has 1 heterocycles. The van der Waals surface area contributed by atoms with E-state index in [1.54, 1.807) is 11.3 Å². The Hall–Kier alpha value is -1.88. The zero-order chi connectivity index (χ0) is 17.6. The monoisotopic (exact) mass is 356 g/mol. The van der Waals surface area contributed by atoms with E-state index in [-0.39, 0.29) is 0 Å². The zero-order valence-electron chi connectivity index (χ0n) is 15.5. The fraction of sp³-hybridized carbons (Fsp3) is 0.500. The van der Waals surface area contributed by atoms with Crippen molar-refractivity contribution in [2.24, 2.45) is 0 Å². The molecule has 1 aromatic carbocycles. The lowest BCUT2D eigenvalue weighted by Crippen LogP contribution is -2.09. The number of allylic oxidation sites excluding steroid dienone is 2. The SMILES string of the molecule is CC/C=C(/Cc1cccc(N(C)C)c1)Nc1nnc(C2CCCC2)s1. The molecule has 1 aliphatic rings. The molecule has 1 N–H and O–H groups in total. The molecule has 1 fully saturated rings. The third-order valence-corrected chi connectivity index (χ3v) is 5.69. The summed E-state index contributed by atoms with van der Waals surface area (Å²) in [6, 6.07) is 8.69. The Kier molecular flexibility index (Phi) is 6.08. The summed E-state index contributed by atoms with van der Waals surface area (Å²) in [6.45, 7) is 2.17. The fourth-order valence-corrected chi connectivity index (χ4v) is 4.28. The third-order valence-electron chi connectivity index (χ3n) is 4.68. The molecule has 134 valence electrons. The molecule has 3 rings (SSSR count). The Morgan fingerprint density at radius 2 is 2.08 bits per heavy atom. The molecule has 4 nitrogen and oxygen atoms in total. The summed E-state index contributed by atoms with van der Waals surface area (Å²) < 4.78 is 0. The summed E-state index contributed by atoms with van der Waals surface area (Å²) in [6.07, 6.45) is 9.33. The van der Waals surface area contributed by atoms with Crippen LogP contribution in [0.15, 0.2) is 36.0 Å². The maximum atomic E-state index is 4.43. The fourth-order valence-electron chi connectivity index (χ4n) is 3.34. The van der Waals surface area contributed by atoms with Crippen molar-refractivity contribution < 1.29 is 0 Å². The van der Waals surface area contributed by atoms with Gasteiger partial charge in [0.1, 0.15) is 5.01 Å². The molecule has 0 radical (unpaired) electrons. The van der Waals surface area contributed by atoms with Crippen molar-refractivity contribution >= 4 is 22.2 Å². The van der Waals surface area contributed by atoms with E-state index in [0.29, 0.717) is 5.92 Å². The van der Waals surface area contributed by atoms with Crippen LogP contribution in [0.3, 0.4) is 0 Å². The van der Waals surface area contributed by atoms with E-state index in [2.05, 4.69) is 71.8 Å². The van der Waals surface area contributed by atoms with Crippen LogP contribution in [0.2, 0.25) is 0 Å². The van der Waals surface area contributed by atoms with Gasteiger partial charge in [-0.25, -0.2) is 0 Å². The lowest BCUT2D eigenvalue weighted by atomic mass is 10.1. The van der Waals surface area contributed by atoms with Crippen molar-refractivity contribution in [1.29, 1.82) is 0 Å². The van der Waals surface area contributed by atoms with Crippen LogP contribution >= 0.6 is 11.3 Å². The van der Waals surface area contributed by atoms with Gasteiger partial charge >= 0.3 is 0 Å². The molecular weight excluding hydrogens is 328 g/mol. The molecule has 1 aliphatic carbocycles. The lowest BCUT2D eigenvalue weighted by Gasteiger charge is -2.14. The van der Waals surface area contributed by atoms with Gasteiger partial charge in [-0.05, 0) is 37.0 Å². The number of hydrogen-bond acceptors (Lipinski definition) is 5. The van der Waals surface area contributed by atoms with E-state index in [0.717, 1.165) is 18.0 Å². The standard InChI is InChI=1S/C20H28N4S/c1-4-8-17(13-15-9-7-12-18(14-15)24(2)3)21-20-23-22-19(25-20)16-10-5-6-11-16/h7-9,12,14,16H,4-6,10-11,13H2,1-3H3,(H,21,23)/b17-8-. The smallest absolute Gasteiger partial charge is 0.209 e. The summed E-state index contributed by atoms with van der Waals surface area (Å²) in [5, 5.41) is 14.4. The van der Waals surface area contributed by atoms with Crippen LogP contribution < -0.4 is 10.2 Å². The molecule has 25 heavy (non-hydrogen) atoms. The Morgan fingerprint density at radius 3 is 2.80 bits per heavy atom. The molecule has 0 spiro atoms. The third kappa shape index (κ3) is 4.82. The number of nitrogens with one attached hydrogen (secondary N) is 1. The van der Waals surface area contributed by atoms with Crippen LogP contribution in [-0.4, -0.2) is 24.3 Å². The summed E-state index contributed by atoms with van der Waals surface area (Å²) in [5.74, 6) is 0.628. The molecule has 2 aromatic rings. The Morgan fingerprint density at radius 1 is 1.28 bits per heavy atom. The Balaban J connectivity index is 1.69. The van der Waals surface area contributed by atoms with Crippen LogP contribution in [0.5, 0.6) is 0 Å². The number of nitrogens with zero attached hydrogens (tertiary/aromatic N) is 3. The van der Waals surface area contributed by atoms with Crippen LogP contribution in [-0.2, 0) is 6.42 Å². The number of hydrogen-bond donors (Lipinski definition) is 1. The van der Waals surface area contributed by atoms with E-state index in [1.165, 1.54) is 47.6 Å². The average Bonchev–Trinajstić information content (AvgIpc) is 3.26. The largest absolute Gasteiger partial charge is 0.378 e. The first kappa shape index (κ1) is 17.9. The molecule has 0 unspecified atom stereocenters.